The molecule has 2 aromatic rings. The van der Waals surface area contributed by atoms with Gasteiger partial charge in [0.25, 0.3) is 0 Å². The molecule has 0 radical (unpaired) electrons. The molecule has 0 aliphatic rings. The van der Waals surface area contributed by atoms with Crippen LogP contribution >= 0.6 is 12.2 Å². The third kappa shape index (κ3) is 4.82. The Hall–Kier alpha value is -2.35. The molecule has 0 aliphatic heterocycles. The molecule has 4 nitrogen and oxygen atoms in total. The maximum absolute atomic E-state index is 12.5. The summed E-state index contributed by atoms with van der Waals surface area (Å²) < 4.78 is 43.1. The second-order valence-electron chi connectivity index (χ2n) is 4.51. The van der Waals surface area contributed by atoms with Crippen LogP contribution in [0.5, 0.6) is 0 Å². The van der Waals surface area contributed by atoms with Crippen LogP contribution in [0.15, 0.2) is 45.9 Å². The molecule has 2 N–H and O–H groups in total. The molecule has 2 rings (SSSR count). The first-order chi connectivity index (χ1) is 10.9. The maximum atomic E-state index is 12.5. The summed E-state index contributed by atoms with van der Waals surface area (Å²) >= 11 is 4.93. The van der Waals surface area contributed by atoms with Crippen LogP contribution in [0.4, 0.5) is 13.2 Å². The van der Waals surface area contributed by atoms with E-state index < -0.39 is 11.7 Å². The zero-order chi connectivity index (χ0) is 16.9. The van der Waals surface area contributed by atoms with Crippen molar-refractivity contribution in [3.63, 3.8) is 0 Å². The summed E-state index contributed by atoms with van der Waals surface area (Å²) in [6, 6.07) is 8.08. The molecule has 1 aromatic carbocycles. The van der Waals surface area contributed by atoms with Gasteiger partial charge < -0.3 is 9.73 Å². The van der Waals surface area contributed by atoms with Crippen molar-refractivity contribution in [1.82, 2.24) is 10.7 Å². The van der Waals surface area contributed by atoms with Crippen LogP contribution in [0.25, 0.3) is 11.3 Å². The lowest BCUT2D eigenvalue weighted by atomic mass is 10.1. The van der Waals surface area contributed by atoms with Gasteiger partial charge in [-0.2, -0.15) is 18.3 Å². The second-order valence-corrected chi connectivity index (χ2v) is 4.91. The molecule has 0 aliphatic carbocycles. The number of hydrazone groups is 1. The number of hydrogen-bond acceptors (Lipinski definition) is 3. The summed E-state index contributed by atoms with van der Waals surface area (Å²) in [7, 11) is 0. The van der Waals surface area contributed by atoms with Crippen molar-refractivity contribution in [3.05, 3.63) is 47.7 Å². The van der Waals surface area contributed by atoms with Gasteiger partial charge in [0.15, 0.2) is 5.11 Å². The van der Waals surface area contributed by atoms with Gasteiger partial charge in [-0.15, -0.1) is 0 Å². The topological polar surface area (TPSA) is 49.6 Å². The SMILES string of the molecule is CCNC(=S)N/N=C/c1ccc(-c2ccc(C(F)(F)F)cc2)o1. The van der Waals surface area contributed by atoms with E-state index in [-0.39, 0.29) is 0 Å². The highest BCUT2D eigenvalue weighted by atomic mass is 32.1. The Morgan fingerprint density at radius 1 is 1.22 bits per heavy atom. The molecule has 8 heteroatoms. The molecule has 122 valence electrons. The van der Waals surface area contributed by atoms with E-state index >= 15 is 0 Å². The first kappa shape index (κ1) is 17.0. The van der Waals surface area contributed by atoms with E-state index in [1.807, 2.05) is 6.92 Å². The third-order valence-corrected chi connectivity index (χ3v) is 3.05. The Balaban J connectivity index is 2.04. The van der Waals surface area contributed by atoms with Crippen molar-refractivity contribution < 1.29 is 17.6 Å². The van der Waals surface area contributed by atoms with Crippen LogP contribution in [0.3, 0.4) is 0 Å². The van der Waals surface area contributed by atoms with Gasteiger partial charge in [-0.25, -0.2) is 0 Å². The molecule has 1 heterocycles. The van der Waals surface area contributed by atoms with Crippen LogP contribution in [-0.4, -0.2) is 17.9 Å². The first-order valence-corrected chi connectivity index (χ1v) is 7.15. The summed E-state index contributed by atoms with van der Waals surface area (Å²) in [5.74, 6) is 0.904. The van der Waals surface area contributed by atoms with Gasteiger partial charge >= 0.3 is 6.18 Å². The van der Waals surface area contributed by atoms with Crippen molar-refractivity contribution in [2.75, 3.05) is 6.54 Å². The van der Waals surface area contributed by atoms with Crippen molar-refractivity contribution in [2.24, 2.45) is 5.10 Å². The van der Waals surface area contributed by atoms with Gasteiger partial charge in [0.2, 0.25) is 0 Å². The Morgan fingerprint density at radius 3 is 2.52 bits per heavy atom. The molecule has 1 aromatic heterocycles. The van der Waals surface area contributed by atoms with Crippen LogP contribution in [0, 0.1) is 0 Å². The smallest absolute Gasteiger partial charge is 0.416 e. The molecular formula is C15H14F3N3OS. The van der Waals surface area contributed by atoms with E-state index in [0.717, 1.165) is 12.1 Å². The monoisotopic (exact) mass is 341 g/mol. The van der Waals surface area contributed by atoms with E-state index in [0.29, 0.717) is 28.7 Å². The Bertz CT molecular complexity index is 693. The lowest BCUT2D eigenvalue weighted by Gasteiger charge is -2.06. The highest BCUT2D eigenvalue weighted by Crippen LogP contribution is 2.31. The standard InChI is InChI=1S/C15H14F3N3OS/c1-2-19-14(23)21-20-9-12-7-8-13(22-12)10-3-5-11(6-4-10)15(16,17)18/h3-9H,2H2,1H3,(H2,19,21,23)/b20-9+. The average Bonchev–Trinajstić information content (AvgIpc) is 2.96. The van der Waals surface area contributed by atoms with E-state index in [9.17, 15) is 13.2 Å². The third-order valence-electron chi connectivity index (χ3n) is 2.82. The number of halogens is 3. The van der Waals surface area contributed by atoms with E-state index in [1.165, 1.54) is 18.3 Å². The minimum atomic E-state index is -4.35. The van der Waals surface area contributed by atoms with Gasteiger partial charge in [-0.1, -0.05) is 12.1 Å². The minimum Gasteiger partial charge on any atom is -0.455 e. The summed E-state index contributed by atoms with van der Waals surface area (Å²) in [5.41, 5.74) is 2.46. The molecule has 0 saturated heterocycles. The number of furan rings is 1. The highest BCUT2D eigenvalue weighted by molar-refractivity contribution is 7.80. The van der Waals surface area contributed by atoms with Crippen molar-refractivity contribution in [1.29, 1.82) is 0 Å². The Kier molecular flexibility index (Phi) is 5.38. The van der Waals surface area contributed by atoms with E-state index in [4.69, 9.17) is 16.6 Å². The minimum absolute atomic E-state index is 0.387. The summed E-state index contributed by atoms with van der Waals surface area (Å²) in [4.78, 5) is 0. The molecule has 0 saturated carbocycles. The van der Waals surface area contributed by atoms with Crippen LogP contribution < -0.4 is 10.7 Å². The predicted molar refractivity (Wildman–Crippen MR) is 86.2 cm³/mol. The summed E-state index contributed by atoms with van der Waals surface area (Å²) in [6.07, 6.45) is -2.92. The number of alkyl halides is 3. The molecule has 23 heavy (non-hydrogen) atoms. The van der Waals surface area contributed by atoms with Crippen LogP contribution in [0.1, 0.15) is 18.2 Å². The van der Waals surface area contributed by atoms with Crippen molar-refractivity contribution >= 4 is 23.5 Å². The molecule has 0 amide bonds. The Morgan fingerprint density at radius 2 is 1.91 bits per heavy atom. The van der Waals surface area contributed by atoms with Crippen molar-refractivity contribution in [3.8, 4) is 11.3 Å². The quantitative estimate of drug-likeness (QED) is 0.505. The molecule has 0 unspecified atom stereocenters. The average molecular weight is 341 g/mol. The van der Waals surface area contributed by atoms with Crippen molar-refractivity contribution in [2.45, 2.75) is 13.1 Å². The van der Waals surface area contributed by atoms with Gasteiger partial charge in [0.1, 0.15) is 11.5 Å². The fourth-order valence-electron chi connectivity index (χ4n) is 1.76. The first-order valence-electron chi connectivity index (χ1n) is 6.74. The van der Waals surface area contributed by atoms with Crippen LogP contribution in [0.2, 0.25) is 0 Å². The maximum Gasteiger partial charge on any atom is 0.416 e. The Labute approximate surface area is 136 Å². The van der Waals surface area contributed by atoms with Gasteiger partial charge in [-0.05, 0) is 43.4 Å². The van der Waals surface area contributed by atoms with Gasteiger partial charge in [-0.3, -0.25) is 5.43 Å². The molecular weight excluding hydrogens is 327 g/mol. The molecule has 0 spiro atoms. The number of hydrogen-bond donors (Lipinski definition) is 2. The number of nitrogens with zero attached hydrogens (tertiary/aromatic N) is 1. The lowest BCUT2D eigenvalue weighted by Crippen LogP contribution is -2.31. The van der Waals surface area contributed by atoms with Gasteiger partial charge in [0.05, 0.1) is 11.8 Å². The fourth-order valence-corrected chi connectivity index (χ4v) is 1.95. The molecule has 0 atom stereocenters. The predicted octanol–water partition coefficient (Wildman–Crippen LogP) is 3.78. The zero-order valence-electron chi connectivity index (χ0n) is 12.1. The highest BCUT2D eigenvalue weighted by Gasteiger charge is 2.30. The summed E-state index contributed by atoms with van der Waals surface area (Å²) in [6.45, 7) is 2.58. The number of benzene rings is 1. The van der Waals surface area contributed by atoms with Gasteiger partial charge in [0, 0.05) is 12.1 Å². The molecule has 0 fully saturated rings. The number of thiocarbonyl (C=S) groups is 1. The number of rotatable bonds is 4. The normalized spacial score (nSPS) is 11.7. The summed E-state index contributed by atoms with van der Waals surface area (Å²) in [5, 5.41) is 7.14. The van der Waals surface area contributed by atoms with E-state index in [1.54, 1.807) is 12.1 Å². The largest absolute Gasteiger partial charge is 0.455 e. The van der Waals surface area contributed by atoms with Crippen LogP contribution in [-0.2, 0) is 6.18 Å². The van der Waals surface area contributed by atoms with E-state index in [2.05, 4.69) is 15.8 Å². The molecule has 0 bridgehead atoms. The lowest BCUT2D eigenvalue weighted by molar-refractivity contribution is -0.137. The zero-order valence-corrected chi connectivity index (χ0v) is 13.0. The fraction of sp³-hybridized carbons (Fsp3) is 0.200. The number of nitrogens with one attached hydrogen (secondary N) is 2. The second kappa shape index (κ2) is 7.28.